The predicted octanol–water partition coefficient (Wildman–Crippen LogP) is 16.1. The number of unbranched alkanes of at least 4 members (excludes halogenated alkanes) is 21. The maximum absolute atomic E-state index is 13.3. The van der Waals surface area contributed by atoms with Gasteiger partial charge in [0.15, 0.2) is 18.5 Å². The summed E-state index contributed by atoms with van der Waals surface area (Å²) in [5.74, 6) is -0.621. The molecule has 0 aromatic rings. The van der Waals surface area contributed by atoms with E-state index in [1.807, 2.05) is 0 Å². The van der Waals surface area contributed by atoms with Crippen LogP contribution in [0.15, 0.2) is 24.3 Å². The molecule has 372 valence electrons. The van der Waals surface area contributed by atoms with Crippen molar-refractivity contribution in [1.29, 1.82) is 0 Å². The van der Waals surface area contributed by atoms with E-state index in [0.717, 1.165) is 96.3 Å². The van der Waals surface area contributed by atoms with E-state index in [4.69, 9.17) is 18.9 Å². The lowest BCUT2D eigenvalue weighted by Crippen LogP contribution is -2.34. The van der Waals surface area contributed by atoms with Crippen molar-refractivity contribution < 1.29 is 33.3 Å². The monoisotopic (exact) mass is 892 g/mol. The molecule has 1 fully saturated rings. The SMILES string of the molecule is CCC.CCC.CCCCC/C=C\C/C=C\CCCCCCCC(=O)OC1CN(C(=O)CCCCCC)CC1OC(=O)CCC(OCCCCCCCC)OCCCCCCCC. The molecule has 1 amide bonds. The molecule has 0 aromatic carbocycles. The Kier molecular flexibility index (Phi) is 50.7. The molecule has 0 radical (unpaired) electrons. The van der Waals surface area contributed by atoms with Gasteiger partial charge in [0.05, 0.1) is 19.5 Å². The second-order valence-electron chi connectivity index (χ2n) is 17.8. The molecule has 0 bridgehead atoms. The highest BCUT2D eigenvalue weighted by Crippen LogP contribution is 2.22. The first-order valence-electron chi connectivity index (χ1n) is 27.0. The maximum Gasteiger partial charge on any atom is 0.306 e. The zero-order chi connectivity index (χ0) is 46.9. The van der Waals surface area contributed by atoms with Crippen LogP contribution in [0, 0.1) is 0 Å². The van der Waals surface area contributed by atoms with Gasteiger partial charge in [-0.3, -0.25) is 14.4 Å². The van der Waals surface area contributed by atoms with Crippen molar-refractivity contribution in [1.82, 2.24) is 4.90 Å². The third-order valence-electron chi connectivity index (χ3n) is 10.9. The van der Waals surface area contributed by atoms with Gasteiger partial charge in [0.2, 0.25) is 5.91 Å². The Labute approximate surface area is 391 Å². The zero-order valence-corrected chi connectivity index (χ0v) is 43.0. The van der Waals surface area contributed by atoms with Gasteiger partial charge in [-0.25, -0.2) is 0 Å². The summed E-state index contributed by atoms with van der Waals surface area (Å²) in [6.45, 7) is 19.1. The van der Waals surface area contributed by atoms with Crippen molar-refractivity contribution in [3.05, 3.63) is 24.3 Å². The second kappa shape index (κ2) is 50.8. The Morgan fingerprint density at radius 1 is 0.460 bits per heavy atom. The quantitative estimate of drug-likeness (QED) is 0.0262. The third-order valence-corrected chi connectivity index (χ3v) is 10.9. The van der Waals surface area contributed by atoms with Crippen LogP contribution in [0.3, 0.4) is 0 Å². The third kappa shape index (κ3) is 43.5. The van der Waals surface area contributed by atoms with Gasteiger partial charge in [0.1, 0.15) is 0 Å². The van der Waals surface area contributed by atoms with E-state index in [2.05, 4.69) is 79.7 Å². The van der Waals surface area contributed by atoms with E-state index in [1.54, 1.807) is 4.90 Å². The molecular weight excluding hydrogens is 787 g/mol. The lowest BCUT2D eigenvalue weighted by molar-refractivity contribution is -0.169. The fourth-order valence-electron chi connectivity index (χ4n) is 7.22. The number of likely N-dealkylation sites (tertiary alicyclic amines) is 1. The van der Waals surface area contributed by atoms with Crippen molar-refractivity contribution in [3.8, 4) is 0 Å². The summed E-state index contributed by atoms with van der Waals surface area (Å²) < 4.78 is 24.2. The molecule has 0 N–H and O–H groups in total. The largest absolute Gasteiger partial charge is 0.456 e. The first-order valence-corrected chi connectivity index (χ1v) is 27.0. The van der Waals surface area contributed by atoms with Crippen LogP contribution in [0.2, 0.25) is 0 Å². The number of hydrogen-bond acceptors (Lipinski definition) is 7. The fraction of sp³-hybridized carbons (Fsp3) is 0.873. The van der Waals surface area contributed by atoms with E-state index in [1.165, 1.54) is 89.9 Å². The van der Waals surface area contributed by atoms with Crippen LogP contribution in [0.5, 0.6) is 0 Å². The molecule has 0 aliphatic carbocycles. The van der Waals surface area contributed by atoms with Crippen molar-refractivity contribution in [2.45, 2.75) is 286 Å². The number of carbonyl (C=O) groups is 3. The molecule has 63 heavy (non-hydrogen) atoms. The van der Waals surface area contributed by atoms with Gasteiger partial charge >= 0.3 is 11.9 Å². The van der Waals surface area contributed by atoms with Crippen LogP contribution in [-0.2, 0) is 33.3 Å². The highest BCUT2D eigenvalue weighted by Gasteiger charge is 2.40. The van der Waals surface area contributed by atoms with Crippen LogP contribution >= 0.6 is 0 Å². The standard InChI is InChI=1S/C49H89NO7.2C3H8/c1-5-9-13-17-20-21-22-23-24-25-26-27-28-29-33-37-47(52)56-44-42-50(46(51)36-32-16-12-8-4)43-45(44)57-48(53)38-39-49(54-40-34-30-18-14-10-6-2)55-41-35-31-19-15-11-7-3;2*1-3-2/h20-21,23-24,44-45,49H,5-19,22,25-43H2,1-4H3;2*3H2,1-2H3/b21-20-,24-23-;;. The average Bonchev–Trinajstić information content (AvgIpc) is 3.66. The summed E-state index contributed by atoms with van der Waals surface area (Å²) in [6.07, 6.45) is 41.8. The second-order valence-corrected chi connectivity index (χ2v) is 17.8. The van der Waals surface area contributed by atoms with Crippen molar-refractivity contribution in [2.75, 3.05) is 26.3 Å². The van der Waals surface area contributed by atoms with Crippen molar-refractivity contribution in [2.24, 2.45) is 0 Å². The van der Waals surface area contributed by atoms with Gasteiger partial charge in [-0.1, -0.05) is 208 Å². The topological polar surface area (TPSA) is 91.4 Å². The van der Waals surface area contributed by atoms with Crippen LogP contribution in [0.25, 0.3) is 0 Å². The number of allylic oxidation sites excluding steroid dienone is 4. The van der Waals surface area contributed by atoms with Gasteiger partial charge < -0.3 is 23.8 Å². The molecule has 1 heterocycles. The minimum atomic E-state index is -0.669. The van der Waals surface area contributed by atoms with Crippen molar-refractivity contribution >= 4 is 17.8 Å². The first kappa shape index (κ1) is 62.9. The number of carbonyl (C=O) groups excluding carboxylic acids is 3. The zero-order valence-electron chi connectivity index (χ0n) is 43.0. The molecule has 8 heteroatoms. The minimum absolute atomic E-state index is 0.0330. The van der Waals surface area contributed by atoms with Gasteiger partial charge in [0.25, 0.3) is 0 Å². The van der Waals surface area contributed by atoms with E-state index in [-0.39, 0.29) is 37.4 Å². The first-order chi connectivity index (χ1) is 30.8. The van der Waals surface area contributed by atoms with Gasteiger partial charge in [-0.2, -0.15) is 0 Å². The number of nitrogens with zero attached hydrogens (tertiary/aromatic N) is 1. The summed E-state index contributed by atoms with van der Waals surface area (Å²) in [7, 11) is 0. The Morgan fingerprint density at radius 3 is 1.32 bits per heavy atom. The maximum atomic E-state index is 13.3. The lowest BCUT2D eigenvalue weighted by atomic mass is 10.1. The summed E-state index contributed by atoms with van der Waals surface area (Å²) >= 11 is 0. The van der Waals surface area contributed by atoms with Crippen LogP contribution in [-0.4, -0.2) is 67.5 Å². The summed E-state index contributed by atoms with van der Waals surface area (Å²) in [6, 6.07) is 0. The van der Waals surface area contributed by atoms with E-state index >= 15 is 0 Å². The number of ether oxygens (including phenoxy) is 4. The van der Waals surface area contributed by atoms with Crippen molar-refractivity contribution in [3.63, 3.8) is 0 Å². The number of amides is 1. The molecule has 1 rings (SSSR count). The predicted molar refractivity (Wildman–Crippen MR) is 268 cm³/mol. The van der Waals surface area contributed by atoms with Crippen LogP contribution < -0.4 is 0 Å². The number of esters is 2. The highest BCUT2D eigenvalue weighted by atomic mass is 16.7. The minimum Gasteiger partial charge on any atom is -0.456 e. The van der Waals surface area contributed by atoms with Crippen LogP contribution in [0.4, 0.5) is 0 Å². The normalized spacial score (nSPS) is 14.8. The van der Waals surface area contributed by atoms with E-state index < -0.39 is 18.5 Å². The molecule has 0 spiro atoms. The molecule has 8 nitrogen and oxygen atoms in total. The van der Waals surface area contributed by atoms with Gasteiger partial charge in [-0.05, 0) is 57.8 Å². The molecule has 1 aliphatic rings. The van der Waals surface area contributed by atoms with Crippen LogP contribution in [0.1, 0.15) is 267 Å². The fourth-order valence-corrected chi connectivity index (χ4v) is 7.22. The molecule has 2 atom stereocenters. The Hall–Kier alpha value is -2.19. The number of rotatable bonds is 40. The molecule has 1 aliphatic heterocycles. The summed E-state index contributed by atoms with van der Waals surface area (Å²) in [5, 5.41) is 0. The van der Waals surface area contributed by atoms with Gasteiger partial charge in [-0.15, -0.1) is 0 Å². The summed E-state index contributed by atoms with van der Waals surface area (Å²) in [5.41, 5.74) is 0. The molecule has 1 saturated heterocycles. The summed E-state index contributed by atoms with van der Waals surface area (Å²) in [4.78, 5) is 41.1. The average molecular weight is 892 g/mol. The Balaban J connectivity index is 0. The molecule has 2 unspecified atom stereocenters. The molecule has 0 aromatic heterocycles. The highest BCUT2D eigenvalue weighted by molar-refractivity contribution is 5.77. The molecular formula is C55H105NO7. The molecule has 0 saturated carbocycles. The van der Waals surface area contributed by atoms with E-state index in [0.29, 0.717) is 32.5 Å². The van der Waals surface area contributed by atoms with E-state index in [9.17, 15) is 14.4 Å². The Morgan fingerprint density at radius 2 is 0.825 bits per heavy atom. The Bertz CT molecular complexity index is 1030. The smallest absolute Gasteiger partial charge is 0.306 e. The lowest BCUT2D eigenvalue weighted by Gasteiger charge is -2.21. The number of hydrogen-bond donors (Lipinski definition) is 0. The van der Waals surface area contributed by atoms with Gasteiger partial charge in [0, 0.05) is 32.5 Å².